The van der Waals surface area contributed by atoms with Crippen LogP contribution in [0.1, 0.15) is 19.6 Å². The molecule has 37 heavy (non-hydrogen) atoms. The molecule has 2 aromatic rings. The predicted molar refractivity (Wildman–Crippen MR) is 122 cm³/mol. The molecule has 0 amide bonds. The van der Waals surface area contributed by atoms with E-state index in [2.05, 4.69) is 13.4 Å². The molecule has 1 fully saturated rings. The van der Waals surface area contributed by atoms with Gasteiger partial charge < -0.3 is 29.1 Å². The fourth-order valence-electron chi connectivity index (χ4n) is 3.11. The maximum atomic E-state index is 12.3. The fraction of sp³-hybridized carbons (Fsp3) is 0.421. The van der Waals surface area contributed by atoms with Gasteiger partial charge >= 0.3 is 27.5 Å². The largest absolute Gasteiger partial charge is 0.514 e. The number of aromatic amines is 1. The van der Waals surface area contributed by atoms with E-state index in [4.69, 9.17) is 14.2 Å². The second kappa shape index (κ2) is 12.3. The van der Waals surface area contributed by atoms with E-state index in [1.165, 1.54) is 12.1 Å². The lowest BCUT2D eigenvalue weighted by molar-refractivity contribution is -0.0605. The first kappa shape index (κ1) is 28.9. The van der Waals surface area contributed by atoms with E-state index in [0.717, 1.165) is 16.8 Å². The Bertz CT molecular complexity index is 1280. The molecular weight excluding hydrogens is 542 g/mol. The van der Waals surface area contributed by atoms with Crippen LogP contribution in [-0.4, -0.2) is 62.1 Å². The molecule has 4 unspecified atom stereocenters. The zero-order chi connectivity index (χ0) is 27.2. The second-order valence-electron chi connectivity index (χ2n) is 7.47. The van der Waals surface area contributed by atoms with E-state index in [9.17, 15) is 38.4 Å². The molecule has 18 heteroatoms. The highest BCUT2D eigenvalue weighted by molar-refractivity contribution is 7.61. The molecule has 0 radical (unpaired) electrons. The topological polar surface area (TPSA) is 222 Å². The van der Waals surface area contributed by atoms with Crippen molar-refractivity contribution in [1.29, 1.82) is 0 Å². The first-order valence-corrected chi connectivity index (χ1v) is 13.6. The summed E-state index contributed by atoms with van der Waals surface area (Å²) in [7, 11) is -10.2. The maximum Gasteiger partial charge on any atom is 0.514 e. The van der Waals surface area contributed by atoms with Crippen molar-refractivity contribution in [2.45, 2.75) is 37.9 Å². The normalized spacial score (nSPS) is 24.6. The number of aliphatic hydroxyl groups is 1. The molecule has 0 aliphatic carbocycles. The number of carbonyl (C=O) groups excluding carboxylic acids is 1. The number of rotatable bonds is 11. The number of ether oxygens (including phenoxy) is 3. The van der Waals surface area contributed by atoms with Gasteiger partial charge in [-0.15, -0.1) is 0 Å². The molecule has 1 saturated heterocycles. The Morgan fingerprint density at radius 2 is 1.78 bits per heavy atom. The maximum absolute atomic E-state index is 12.3. The summed E-state index contributed by atoms with van der Waals surface area (Å²) >= 11 is 0. The number of aliphatic hydroxyl groups excluding tert-OH is 1. The number of para-hydroxylation sites is 1. The first-order chi connectivity index (χ1) is 17.4. The standard InChI is InChI=1S/C19H24N2O14P2/c1-2-10-30-36(26,27)35-37(28,29)31-11-13-15(23)16(34-19(25)32-12-6-4-3-5-7-12)17(33-13)21-9-8-14(22)20-18(21)24/h3-9,13,15-17,23H,2,10-11H2,1H3,(H,26,27)(H,28,29)(H,20,22,24)/t13-,15?,16?,17-/m1/s1. The summed E-state index contributed by atoms with van der Waals surface area (Å²) in [5.74, 6) is 0.107. The number of nitrogens with zero attached hydrogens (tertiary/aromatic N) is 1. The smallest absolute Gasteiger partial charge is 0.423 e. The molecular formula is C19H24N2O14P2. The van der Waals surface area contributed by atoms with Crippen LogP contribution in [0.15, 0.2) is 52.2 Å². The van der Waals surface area contributed by atoms with Crippen LogP contribution in [0, 0.1) is 0 Å². The van der Waals surface area contributed by atoms with Crippen molar-refractivity contribution in [1.82, 2.24) is 9.55 Å². The number of hydrogen-bond acceptors (Lipinski definition) is 12. The molecule has 1 aromatic heterocycles. The minimum atomic E-state index is -5.21. The van der Waals surface area contributed by atoms with Crippen LogP contribution in [0.3, 0.4) is 0 Å². The molecule has 1 aromatic carbocycles. The van der Waals surface area contributed by atoms with E-state index in [-0.39, 0.29) is 12.4 Å². The van der Waals surface area contributed by atoms with Crippen molar-refractivity contribution in [3.63, 3.8) is 0 Å². The highest BCUT2D eigenvalue weighted by Gasteiger charge is 2.49. The Kier molecular flexibility index (Phi) is 9.58. The SMILES string of the molecule is CCCOP(=O)(O)OP(=O)(O)OC[C@H]1O[C@@H](n2ccc(=O)[nH]c2=O)C(OC(=O)Oc2ccccc2)C1O. The van der Waals surface area contributed by atoms with Gasteiger partial charge in [0.1, 0.15) is 18.0 Å². The van der Waals surface area contributed by atoms with Crippen LogP contribution >= 0.6 is 15.6 Å². The van der Waals surface area contributed by atoms with Gasteiger partial charge in [-0.3, -0.25) is 23.4 Å². The van der Waals surface area contributed by atoms with E-state index in [1.807, 2.05) is 4.98 Å². The Morgan fingerprint density at radius 1 is 1.11 bits per heavy atom. The van der Waals surface area contributed by atoms with Crippen LogP contribution in [0.25, 0.3) is 0 Å². The summed E-state index contributed by atoms with van der Waals surface area (Å²) in [6.07, 6.45) is -6.45. The summed E-state index contributed by atoms with van der Waals surface area (Å²) in [6, 6.07) is 8.70. The number of carbonyl (C=O) groups is 1. The van der Waals surface area contributed by atoms with Crippen molar-refractivity contribution in [3.05, 3.63) is 63.4 Å². The number of phosphoric acid groups is 2. The average molecular weight is 566 g/mol. The number of phosphoric ester groups is 2. The molecule has 1 aliphatic rings. The van der Waals surface area contributed by atoms with Gasteiger partial charge in [0.05, 0.1) is 13.2 Å². The number of hydrogen-bond donors (Lipinski definition) is 4. The van der Waals surface area contributed by atoms with Crippen molar-refractivity contribution < 1.29 is 56.4 Å². The Hall–Kier alpha value is -2.65. The zero-order valence-corrected chi connectivity index (χ0v) is 20.9. The van der Waals surface area contributed by atoms with Gasteiger partial charge in [0.2, 0.25) is 0 Å². The lowest BCUT2D eigenvalue weighted by Crippen LogP contribution is -2.41. The molecule has 1 aliphatic heterocycles. The van der Waals surface area contributed by atoms with Crippen molar-refractivity contribution >= 4 is 21.8 Å². The van der Waals surface area contributed by atoms with Crippen molar-refractivity contribution in [2.75, 3.05) is 13.2 Å². The quantitative estimate of drug-likeness (QED) is 0.170. The van der Waals surface area contributed by atoms with Gasteiger partial charge in [0, 0.05) is 12.3 Å². The van der Waals surface area contributed by atoms with E-state index >= 15 is 0 Å². The van der Waals surface area contributed by atoms with Crippen molar-refractivity contribution in [2.24, 2.45) is 0 Å². The third-order valence-corrected chi connectivity index (χ3v) is 7.32. The van der Waals surface area contributed by atoms with Gasteiger partial charge in [0.15, 0.2) is 12.3 Å². The van der Waals surface area contributed by atoms with Gasteiger partial charge in [-0.2, -0.15) is 4.31 Å². The summed E-state index contributed by atoms with van der Waals surface area (Å²) in [5, 5.41) is 10.7. The third-order valence-electron chi connectivity index (χ3n) is 4.68. The molecule has 2 heterocycles. The monoisotopic (exact) mass is 566 g/mol. The summed E-state index contributed by atoms with van der Waals surface area (Å²) in [4.78, 5) is 57.3. The zero-order valence-electron chi connectivity index (χ0n) is 19.1. The first-order valence-electron chi connectivity index (χ1n) is 10.7. The lowest BCUT2D eigenvalue weighted by atomic mass is 10.1. The molecule has 204 valence electrons. The van der Waals surface area contributed by atoms with E-state index < -0.39 is 64.2 Å². The van der Waals surface area contributed by atoms with Crippen LogP contribution < -0.4 is 16.0 Å². The number of H-pyrrole nitrogens is 1. The molecule has 0 saturated carbocycles. The summed E-state index contributed by atoms with van der Waals surface area (Å²) in [5.41, 5.74) is -1.72. The molecule has 3 rings (SSSR count). The molecule has 0 spiro atoms. The fourth-order valence-corrected chi connectivity index (χ4v) is 5.28. The van der Waals surface area contributed by atoms with Crippen LogP contribution in [0.5, 0.6) is 5.75 Å². The van der Waals surface area contributed by atoms with E-state index in [1.54, 1.807) is 25.1 Å². The molecule has 0 bridgehead atoms. The molecule has 4 N–H and O–H groups in total. The van der Waals surface area contributed by atoms with Gasteiger partial charge in [-0.05, 0) is 18.6 Å². The third kappa shape index (κ3) is 8.17. The van der Waals surface area contributed by atoms with Gasteiger partial charge in [-0.1, -0.05) is 25.1 Å². The minimum Gasteiger partial charge on any atom is -0.423 e. The van der Waals surface area contributed by atoms with Gasteiger partial charge in [-0.25, -0.2) is 18.7 Å². The average Bonchev–Trinajstić information content (AvgIpc) is 3.11. The Labute approximate surface area is 208 Å². The Balaban J connectivity index is 1.76. The molecule has 16 nitrogen and oxygen atoms in total. The van der Waals surface area contributed by atoms with Crippen molar-refractivity contribution in [3.8, 4) is 5.75 Å². The number of benzene rings is 1. The second-order valence-corrected chi connectivity index (χ2v) is 10.5. The summed E-state index contributed by atoms with van der Waals surface area (Å²) < 4.78 is 53.6. The Morgan fingerprint density at radius 3 is 2.43 bits per heavy atom. The number of aromatic nitrogens is 2. The minimum absolute atomic E-state index is 0.107. The van der Waals surface area contributed by atoms with Crippen LogP contribution in [0.4, 0.5) is 4.79 Å². The highest BCUT2D eigenvalue weighted by Crippen LogP contribution is 2.60. The van der Waals surface area contributed by atoms with Crippen LogP contribution in [-0.2, 0) is 32.0 Å². The van der Waals surface area contributed by atoms with Gasteiger partial charge in [0.25, 0.3) is 5.56 Å². The number of nitrogens with one attached hydrogen (secondary N) is 1. The summed E-state index contributed by atoms with van der Waals surface area (Å²) in [6.45, 7) is 0.447. The lowest BCUT2D eigenvalue weighted by Gasteiger charge is -2.21. The van der Waals surface area contributed by atoms with E-state index in [0.29, 0.717) is 6.42 Å². The molecule has 6 atom stereocenters. The predicted octanol–water partition coefficient (Wildman–Crippen LogP) is 1.04. The van der Waals surface area contributed by atoms with Crippen LogP contribution in [0.2, 0.25) is 0 Å². The highest BCUT2D eigenvalue weighted by atomic mass is 31.3.